The molecule has 0 aliphatic carbocycles. The van der Waals surface area contributed by atoms with Crippen molar-refractivity contribution in [3.8, 4) is 17.2 Å². The Hall–Kier alpha value is -2.40. The van der Waals surface area contributed by atoms with E-state index in [1.165, 1.54) is 13.3 Å². The summed E-state index contributed by atoms with van der Waals surface area (Å²) in [5.41, 5.74) is 1.67. The number of oxime groups is 1. The van der Waals surface area contributed by atoms with Crippen molar-refractivity contribution < 1.29 is 19.4 Å². The summed E-state index contributed by atoms with van der Waals surface area (Å²) in [6.45, 7) is 2.68. The maximum Gasteiger partial charge on any atom is 0.179 e. The van der Waals surface area contributed by atoms with E-state index in [-0.39, 0.29) is 0 Å². The summed E-state index contributed by atoms with van der Waals surface area (Å²) in [4.78, 5) is 0. The first-order valence-electron chi connectivity index (χ1n) is 7.02. The van der Waals surface area contributed by atoms with Gasteiger partial charge in [0.2, 0.25) is 0 Å². The van der Waals surface area contributed by atoms with Gasteiger partial charge in [0.15, 0.2) is 11.5 Å². The Morgan fingerprint density at radius 2 is 1.87 bits per heavy atom. The summed E-state index contributed by atoms with van der Waals surface area (Å²) < 4.78 is 16.6. The van der Waals surface area contributed by atoms with Gasteiger partial charge < -0.3 is 19.4 Å². The lowest BCUT2D eigenvalue weighted by molar-refractivity contribution is 0.210. The van der Waals surface area contributed by atoms with Crippen molar-refractivity contribution in [3.05, 3.63) is 52.5 Å². The highest BCUT2D eigenvalue weighted by Gasteiger charge is 2.11. The van der Waals surface area contributed by atoms with Gasteiger partial charge >= 0.3 is 0 Å². The summed E-state index contributed by atoms with van der Waals surface area (Å²) >= 11 is 6.18. The van der Waals surface area contributed by atoms with E-state index in [2.05, 4.69) is 5.16 Å². The Morgan fingerprint density at radius 3 is 2.57 bits per heavy atom. The van der Waals surface area contributed by atoms with Gasteiger partial charge in [0.25, 0.3) is 0 Å². The molecule has 2 aromatic carbocycles. The predicted molar refractivity (Wildman–Crippen MR) is 89.6 cm³/mol. The number of hydrogen-bond acceptors (Lipinski definition) is 5. The van der Waals surface area contributed by atoms with Crippen LogP contribution in [0.25, 0.3) is 0 Å². The second-order valence-electron chi connectivity index (χ2n) is 4.74. The van der Waals surface area contributed by atoms with E-state index in [1.807, 2.05) is 31.2 Å². The van der Waals surface area contributed by atoms with Crippen molar-refractivity contribution in [1.82, 2.24) is 0 Å². The monoisotopic (exact) mass is 335 g/mol. The van der Waals surface area contributed by atoms with Crippen molar-refractivity contribution in [3.63, 3.8) is 0 Å². The molecule has 23 heavy (non-hydrogen) atoms. The van der Waals surface area contributed by atoms with E-state index in [0.29, 0.717) is 35.3 Å². The second kappa shape index (κ2) is 8.29. The summed E-state index contributed by atoms with van der Waals surface area (Å²) in [5.74, 6) is 1.71. The Labute approximate surface area is 140 Å². The Kier molecular flexibility index (Phi) is 6.11. The fourth-order valence-corrected chi connectivity index (χ4v) is 2.31. The van der Waals surface area contributed by atoms with Gasteiger partial charge in [0, 0.05) is 5.56 Å². The van der Waals surface area contributed by atoms with Gasteiger partial charge in [0.1, 0.15) is 19.0 Å². The average molecular weight is 336 g/mol. The van der Waals surface area contributed by atoms with Crippen LogP contribution in [0.1, 0.15) is 11.1 Å². The quantitative estimate of drug-likeness (QED) is 0.360. The van der Waals surface area contributed by atoms with Gasteiger partial charge in [-0.3, -0.25) is 0 Å². The number of nitrogens with zero attached hydrogens (tertiary/aromatic N) is 1. The highest BCUT2D eigenvalue weighted by Crippen LogP contribution is 2.36. The van der Waals surface area contributed by atoms with Gasteiger partial charge in [-0.15, -0.1) is 0 Å². The van der Waals surface area contributed by atoms with E-state index in [0.717, 1.165) is 11.3 Å². The lowest BCUT2D eigenvalue weighted by atomic mass is 10.2. The molecular formula is C17H18ClNO4. The molecular weight excluding hydrogens is 318 g/mol. The SMILES string of the molecule is COc1cc(C=NO)cc(Cl)c1OCCOc1ccccc1C. The Bertz CT molecular complexity index is 688. The van der Waals surface area contributed by atoms with Gasteiger partial charge in [-0.2, -0.15) is 0 Å². The van der Waals surface area contributed by atoms with Gasteiger partial charge in [0.05, 0.1) is 18.3 Å². The number of rotatable bonds is 7. The molecule has 0 aliphatic heterocycles. The molecule has 0 heterocycles. The molecule has 0 aliphatic rings. The average Bonchev–Trinajstić information content (AvgIpc) is 2.54. The molecule has 0 fully saturated rings. The predicted octanol–water partition coefficient (Wildman–Crippen LogP) is 3.92. The molecule has 0 bridgehead atoms. The molecule has 6 heteroatoms. The van der Waals surface area contributed by atoms with Crippen LogP contribution in [-0.2, 0) is 0 Å². The zero-order valence-corrected chi connectivity index (χ0v) is 13.7. The fraction of sp³-hybridized carbons (Fsp3) is 0.235. The molecule has 2 aromatic rings. The van der Waals surface area contributed by atoms with E-state index in [9.17, 15) is 0 Å². The van der Waals surface area contributed by atoms with Crippen molar-refractivity contribution in [2.24, 2.45) is 5.16 Å². The number of ether oxygens (including phenoxy) is 3. The van der Waals surface area contributed by atoms with E-state index in [4.69, 9.17) is 31.0 Å². The third kappa shape index (κ3) is 4.53. The van der Waals surface area contributed by atoms with Crippen molar-refractivity contribution in [1.29, 1.82) is 0 Å². The first-order valence-corrected chi connectivity index (χ1v) is 7.39. The number of hydrogen-bond donors (Lipinski definition) is 1. The van der Waals surface area contributed by atoms with Crippen LogP contribution in [-0.4, -0.2) is 31.7 Å². The molecule has 0 saturated carbocycles. The van der Waals surface area contributed by atoms with Gasteiger partial charge in [-0.1, -0.05) is 35.0 Å². The van der Waals surface area contributed by atoms with Crippen LogP contribution >= 0.6 is 11.6 Å². The van der Waals surface area contributed by atoms with Gasteiger partial charge in [-0.25, -0.2) is 0 Å². The second-order valence-corrected chi connectivity index (χ2v) is 5.15. The van der Waals surface area contributed by atoms with E-state index < -0.39 is 0 Å². The minimum Gasteiger partial charge on any atom is -0.493 e. The molecule has 0 spiro atoms. The maximum atomic E-state index is 8.59. The number of halogens is 1. The molecule has 0 atom stereocenters. The zero-order valence-electron chi connectivity index (χ0n) is 13.0. The highest BCUT2D eigenvalue weighted by atomic mass is 35.5. The number of para-hydroxylation sites is 1. The topological polar surface area (TPSA) is 60.3 Å². The van der Waals surface area contributed by atoms with Crippen LogP contribution in [0.5, 0.6) is 17.2 Å². The summed E-state index contributed by atoms with van der Waals surface area (Å²) in [6, 6.07) is 11.1. The smallest absolute Gasteiger partial charge is 0.179 e. The molecule has 0 radical (unpaired) electrons. The lowest BCUT2D eigenvalue weighted by Gasteiger charge is -2.14. The Balaban J connectivity index is 1.99. The van der Waals surface area contributed by atoms with Crippen LogP contribution in [0.15, 0.2) is 41.6 Å². The van der Waals surface area contributed by atoms with Crippen LogP contribution in [0.2, 0.25) is 5.02 Å². The third-order valence-corrected chi connectivity index (χ3v) is 3.42. The molecule has 0 saturated heterocycles. The normalized spacial score (nSPS) is 10.7. The summed E-state index contributed by atoms with van der Waals surface area (Å²) in [7, 11) is 1.52. The lowest BCUT2D eigenvalue weighted by Crippen LogP contribution is -2.10. The minimum absolute atomic E-state index is 0.317. The summed E-state index contributed by atoms with van der Waals surface area (Å²) in [5, 5.41) is 11.9. The first-order chi connectivity index (χ1) is 11.2. The zero-order chi connectivity index (χ0) is 16.7. The third-order valence-electron chi connectivity index (χ3n) is 3.14. The van der Waals surface area contributed by atoms with Crippen LogP contribution in [0.4, 0.5) is 0 Å². The number of aryl methyl sites for hydroxylation is 1. The number of methoxy groups -OCH3 is 1. The van der Waals surface area contributed by atoms with Crippen molar-refractivity contribution in [2.75, 3.05) is 20.3 Å². The molecule has 122 valence electrons. The van der Waals surface area contributed by atoms with Crippen LogP contribution in [0.3, 0.4) is 0 Å². The molecule has 0 unspecified atom stereocenters. The van der Waals surface area contributed by atoms with E-state index >= 15 is 0 Å². The molecule has 0 amide bonds. The highest BCUT2D eigenvalue weighted by molar-refractivity contribution is 6.32. The van der Waals surface area contributed by atoms with Crippen LogP contribution < -0.4 is 14.2 Å². The first kappa shape index (κ1) is 17.0. The van der Waals surface area contributed by atoms with E-state index in [1.54, 1.807) is 12.1 Å². The van der Waals surface area contributed by atoms with Crippen LogP contribution in [0, 0.1) is 6.92 Å². The largest absolute Gasteiger partial charge is 0.493 e. The maximum absolute atomic E-state index is 8.59. The fourth-order valence-electron chi connectivity index (χ4n) is 2.03. The molecule has 0 aromatic heterocycles. The summed E-state index contributed by atoms with van der Waals surface area (Å²) in [6.07, 6.45) is 1.26. The Morgan fingerprint density at radius 1 is 1.13 bits per heavy atom. The van der Waals surface area contributed by atoms with Gasteiger partial charge in [-0.05, 0) is 30.7 Å². The number of benzene rings is 2. The minimum atomic E-state index is 0.317. The van der Waals surface area contributed by atoms with Crippen molar-refractivity contribution in [2.45, 2.75) is 6.92 Å². The molecule has 5 nitrogen and oxygen atoms in total. The standard InChI is InChI=1S/C17H18ClNO4/c1-12-5-3-4-6-15(12)22-7-8-23-17-14(18)9-13(11-19-20)10-16(17)21-2/h3-6,9-11,20H,7-8H2,1-2H3. The molecule has 1 N–H and O–H groups in total. The molecule has 2 rings (SSSR count). The van der Waals surface area contributed by atoms with Crippen molar-refractivity contribution >= 4 is 17.8 Å².